The van der Waals surface area contributed by atoms with Gasteiger partial charge in [0.25, 0.3) is 0 Å². The molecular formula is C16H16F2N4. The zero-order valence-corrected chi connectivity index (χ0v) is 12.9. The van der Waals surface area contributed by atoms with E-state index >= 15 is 0 Å². The monoisotopic (exact) mass is 302 g/mol. The fraction of sp³-hybridized carbons (Fsp3) is 0.312. The molecule has 0 fully saturated rings. The van der Waals surface area contributed by atoms with Crippen LogP contribution in [0.5, 0.6) is 0 Å². The molecule has 0 spiro atoms. The molecular weight excluding hydrogens is 286 g/mol. The van der Waals surface area contributed by atoms with Crippen molar-refractivity contribution in [2.75, 3.05) is 0 Å². The van der Waals surface area contributed by atoms with Gasteiger partial charge in [-0.1, -0.05) is 0 Å². The van der Waals surface area contributed by atoms with E-state index in [4.69, 9.17) is 0 Å². The van der Waals surface area contributed by atoms with Crippen molar-refractivity contribution in [1.29, 1.82) is 0 Å². The summed E-state index contributed by atoms with van der Waals surface area (Å²) in [4.78, 5) is 12.2. The highest BCUT2D eigenvalue weighted by Crippen LogP contribution is 2.29. The molecule has 0 aliphatic heterocycles. The van der Waals surface area contributed by atoms with Crippen molar-refractivity contribution in [1.82, 2.24) is 19.5 Å². The maximum atomic E-state index is 14.4. The topological polar surface area (TPSA) is 43.6 Å². The molecule has 2 aromatic heterocycles. The summed E-state index contributed by atoms with van der Waals surface area (Å²) >= 11 is 0. The molecule has 1 aromatic carbocycles. The second-order valence-corrected chi connectivity index (χ2v) is 5.56. The SMILES string of the molecule is Cc1ncc(F)c(-c2cc(F)c3nc(C)n(C(C)C)c3c2)n1. The maximum absolute atomic E-state index is 14.4. The van der Waals surface area contributed by atoms with Gasteiger partial charge in [0.2, 0.25) is 0 Å². The Labute approximate surface area is 126 Å². The molecule has 0 atom stereocenters. The highest BCUT2D eigenvalue weighted by molar-refractivity contribution is 5.82. The third-order valence-electron chi connectivity index (χ3n) is 3.58. The second kappa shape index (κ2) is 5.12. The van der Waals surface area contributed by atoms with Gasteiger partial charge in [-0.2, -0.15) is 0 Å². The number of imidazole rings is 1. The predicted molar refractivity (Wildman–Crippen MR) is 80.5 cm³/mol. The number of aryl methyl sites for hydroxylation is 2. The van der Waals surface area contributed by atoms with Crippen LogP contribution in [0.1, 0.15) is 31.5 Å². The Balaban J connectivity index is 2.32. The molecule has 0 amide bonds. The van der Waals surface area contributed by atoms with E-state index in [1.165, 1.54) is 6.07 Å². The first-order valence-corrected chi connectivity index (χ1v) is 7.06. The van der Waals surface area contributed by atoms with Crippen molar-refractivity contribution in [2.24, 2.45) is 0 Å². The van der Waals surface area contributed by atoms with Gasteiger partial charge in [-0.25, -0.2) is 23.7 Å². The van der Waals surface area contributed by atoms with Gasteiger partial charge < -0.3 is 4.57 Å². The van der Waals surface area contributed by atoms with Crippen molar-refractivity contribution in [3.63, 3.8) is 0 Å². The smallest absolute Gasteiger partial charge is 0.167 e. The summed E-state index contributed by atoms with van der Waals surface area (Å²) < 4.78 is 30.3. The highest BCUT2D eigenvalue weighted by atomic mass is 19.1. The minimum atomic E-state index is -0.573. The quantitative estimate of drug-likeness (QED) is 0.719. The number of benzene rings is 1. The summed E-state index contributed by atoms with van der Waals surface area (Å²) in [6.45, 7) is 7.48. The van der Waals surface area contributed by atoms with Crippen LogP contribution in [-0.2, 0) is 0 Å². The summed E-state index contributed by atoms with van der Waals surface area (Å²) in [6.07, 6.45) is 1.10. The Hall–Kier alpha value is -2.37. The Morgan fingerprint density at radius 3 is 2.45 bits per heavy atom. The van der Waals surface area contributed by atoms with Gasteiger partial charge in [-0.05, 0) is 39.8 Å². The first-order chi connectivity index (χ1) is 10.4. The van der Waals surface area contributed by atoms with E-state index in [-0.39, 0.29) is 11.7 Å². The van der Waals surface area contributed by atoms with E-state index < -0.39 is 11.6 Å². The Bertz CT molecular complexity index is 868. The van der Waals surface area contributed by atoms with Crippen molar-refractivity contribution in [2.45, 2.75) is 33.7 Å². The third kappa shape index (κ3) is 2.24. The predicted octanol–water partition coefficient (Wildman–Crippen LogP) is 3.97. The van der Waals surface area contributed by atoms with Gasteiger partial charge in [0.05, 0.1) is 11.7 Å². The van der Waals surface area contributed by atoms with E-state index in [0.29, 0.717) is 22.4 Å². The fourth-order valence-electron chi connectivity index (χ4n) is 2.72. The molecule has 0 aliphatic carbocycles. The molecule has 0 radical (unpaired) electrons. The molecule has 2 heterocycles. The van der Waals surface area contributed by atoms with Crippen LogP contribution in [0, 0.1) is 25.5 Å². The van der Waals surface area contributed by atoms with E-state index in [9.17, 15) is 8.78 Å². The molecule has 3 rings (SSSR count). The van der Waals surface area contributed by atoms with Gasteiger partial charge in [0, 0.05) is 11.6 Å². The molecule has 0 saturated heterocycles. The van der Waals surface area contributed by atoms with Crippen LogP contribution in [0.25, 0.3) is 22.3 Å². The molecule has 0 N–H and O–H groups in total. The van der Waals surface area contributed by atoms with Crippen molar-refractivity contribution in [3.8, 4) is 11.3 Å². The zero-order chi connectivity index (χ0) is 16.0. The van der Waals surface area contributed by atoms with E-state index in [1.807, 2.05) is 25.3 Å². The molecule has 0 aliphatic rings. The average Bonchev–Trinajstić information content (AvgIpc) is 2.78. The number of hydrogen-bond acceptors (Lipinski definition) is 3. The molecule has 0 bridgehead atoms. The first kappa shape index (κ1) is 14.6. The number of fused-ring (bicyclic) bond motifs is 1. The van der Waals surface area contributed by atoms with E-state index in [1.54, 1.807) is 13.0 Å². The van der Waals surface area contributed by atoms with Crippen LogP contribution in [0.2, 0.25) is 0 Å². The number of halogens is 2. The molecule has 3 aromatic rings. The largest absolute Gasteiger partial charge is 0.326 e. The van der Waals surface area contributed by atoms with E-state index in [2.05, 4.69) is 15.0 Å². The van der Waals surface area contributed by atoms with Crippen molar-refractivity contribution >= 4 is 11.0 Å². The zero-order valence-electron chi connectivity index (χ0n) is 12.9. The van der Waals surface area contributed by atoms with Gasteiger partial charge >= 0.3 is 0 Å². The number of aromatic nitrogens is 4. The Morgan fingerprint density at radius 1 is 1.05 bits per heavy atom. The lowest BCUT2D eigenvalue weighted by Crippen LogP contribution is -2.03. The van der Waals surface area contributed by atoms with Gasteiger partial charge in [0.1, 0.15) is 22.9 Å². The molecule has 22 heavy (non-hydrogen) atoms. The van der Waals surface area contributed by atoms with Crippen LogP contribution in [0.3, 0.4) is 0 Å². The lowest BCUT2D eigenvalue weighted by Gasteiger charge is -2.11. The number of hydrogen-bond donors (Lipinski definition) is 0. The maximum Gasteiger partial charge on any atom is 0.167 e. The summed E-state index contributed by atoms with van der Waals surface area (Å²) in [5.41, 5.74) is 1.41. The third-order valence-corrected chi connectivity index (χ3v) is 3.58. The minimum Gasteiger partial charge on any atom is -0.326 e. The Morgan fingerprint density at radius 2 is 1.77 bits per heavy atom. The summed E-state index contributed by atoms with van der Waals surface area (Å²) in [7, 11) is 0. The van der Waals surface area contributed by atoms with Crippen LogP contribution >= 0.6 is 0 Å². The van der Waals surface area contributed by atoms with Crippen molar-refractivity contribution < 1.29 is 8.78 Å². The van der Waals surface area contributed by atoms with Gasteiger partial charge in [-0.3, -0.25) is 0 Å². The molecule has 114 valence electrons. The lowest BCUT2D eigenvalue weighted by atomic mass is 10.1. The molecule has 6 heteroatoms. The minimum absolute atomic E-state index is 0.0995. The van der Waals surface area contributed by atoms with Crippen LogP contribution < -0.4 is 0 Å². The highest BCUT2D eigenvalue weighted by Gasteiger charge is 2.17. The summed E-state index contributed by atoms with van der Waals surface area (Å²) in [5.74, 6) is 0.105. The van der Waals surface area contributed by atoms with Gasteiger partial charge in [-0.15, -0.1) is 0 Å². The molecule has 4 nitrogen and oxygen atoms in total. The Kier molecular flexibility index (Phi) is 3.39. The van der Waals surface area contributed by atoms with Crippen molar-refractivity contribution in [3.05, 3.63) is 41.6 Å². The summed E-state index contributed by atoms with van der Waals surface area (Å²) in [5, 5.41) is 0. The van der Waals surface area contributed by atoms with Crippen LogP contribution in [0.4, 0.5) is 8.78 Å². The molecule has 0 unspecified atom stereocenters. The van der Waals surface area contributed by atoms with Gasteiger partial charge in [0.15, 0.2) is 11.6 Å². The van der Waals surface area contributed by atoms with Crippen LogP contribution in [0.15, 0.2) is 18.3 Å². The first-order valence-electron chi connectivity index (χ1n) is 7.06. The lowest BCUT2D eigenvalue weighted by molar-refractivity contribution is 0.599. The number of nitrogens with zero attached hydrogens (tertiary/aromatic N) is 4. The summed E-state index contributed by atoms with van der Waals surface area (Å²) in [6, 6.07) is 3.12. The second-order valence-electron chi connectivity index (χ2n) is 5.56. The average molecular weight is 302 g/mol. The number of rotatable bonds is 2. The fourth-order valence-corrected chi connectivity index (χ4v) is 2.72. The standard InChI is InChI=1S/C16H16F2N4/c1-8(2)22-10(4)21-16-12(17)5-11(6-14(16)22)15-13(18)7-19-9(3)20-15/h5-8H,1-4H3. The normalized spacial score (nSPS) is 11.6. The van der Waals surface area contributed by atoms with E-state index in [0.717, 1.165) is 12.0 Å². The molecule has 0 saturated carbocycles. The van der Waals surface area contributed by atoms with Crippen LogP contribution in [-0.4, -0.2) is 19.5 Å².